The van der Waals surface area contributed by atoms with Gasteiger partial charge in [-0.3, -0.25) is 4.68 Å². The molecule has 3 nitrogen and oxygen atoms in total. The van der Waals surface area contributed by atoms with E-state index in [4.69, 9.17) is 5.11 Å². The molecule has 3 heteroatoms. The molecule has 0 bridgehead atoms. The third-order valence-corrected chi connectivity index (χ3v) is 2.25. The zero-order valence-electron chi connectivity index (χ0n) is 7.96. The number of nitrogens with zero attached hydrogens (tertiary/aromatic N) is 2. The van der Waals surface area contributed by atoms with Gasteiger partial charge in [0.1, 0.15) is 0 Å². The van der Waals surface area contributed by atoms with Crippen LogP contribution in [0.1, 0.15) is 23.9 Å². The largest absolute Gasteiger partial charge is 0.394 e. The van der Waals surface area contributed by atoms with E-state index in [9.17, 15) is 0 Å². The predicted molar refractivity (Wildman–Crippen MR) is 48.2 cm³/mol. The van der Waals surface area contributed by atoms with E-state index in [0.29, 0.717) is 6.54 Å². The molecular formula is C9H16N2O. The lowest BCUT2D eigenvalue weighted by molar-refractivity contribution is 0.267. The SMILES string of the molecule is CCc1nn(CCO)c(C)c1C. The normalized spacial score (nSPS) is 10.7. The summed E-state index contributed by atoms with van der Waals surface area (Å²) in [4.78, 5) is 0. The van der Waals surface area contributed by atoms with Crippen molar-refractivity contribution in [2.45, 2.75) is 33.7 Å². The van der Waals surface area contributed by atoms with Crippen LogP contribution in [0.3, 0.4) is 0 Å². The first-order chi connectivity index (χ1) is 5.70. The van der Waals surface area contributed by atoms with Crippen molar-refractivity contribution in [3.05, 3.63) is 17.0 Å². The number of aromatic nitrogens is 2. The Morgan fingerprint density at radius 1 is 1.42 bits per heavy atom. The van der Waals surface area contributed by atoms with Crippen LogP contribution >= 0.6 is 0 Å². The zero-order chi connectivity index (χ0) is 9.14. The fourth-order valence-electron chi connectivity index (χ4n) is 1.35. The van der Waals surface area contributed by atoms with Crippen molar-refractivity contribution < 1.29 is 5.11 Å². The van der Waals surface area contributed by atoms with Crippen LogP contribution in [0, 0.1) is 13.8 Å². The lowest BCUT2D eigenvalue weighted by atomic mass is 10.2. The van der Waals surface area contributed by atoms with Gasteiger partial charge in [-0.25, -0.2) is 0 Å². The molecule has 0 atom stereocenters. The first-order valence-electron chi connectivity index (χ1n) is 4.34. The summed E-state index contributed by atoms with van der Waals surface area (Å²) in [5.74, 6) is 0. The van der Waals surface area contributed by atoms with Gasteiger partial charge in [-0.2, -0.15) is 5.10 Å². The molecule has 1 rings (SSSR count). The highest BCUT2D eigenvalue weighted by Crippen LogP contribution is 2.12. The number of hydrogen-bond donors (Lipinski definition) is 1. The van der Waals surface area contributed by atoms with E-state index >= 15 is 0 Å². The molecule has 0 saturated carbocycles. The van der Waals surface area contributed by atoms with E-state index in [2.05, 4.69) is 18.9 Å². The highest BCUT2D eigenvalue weighted by molar-refractivity contribution is 5.23. The number of rotatable bonds is 3. The first-order valence-corrected chi connectivity index (χ1v) is 4.34. The van der Waals surface area contributed by atoms with Crippen LogP contribution in [0.25, 0.3) is 0 Å². The van der Waals surface area contributed by atoms with Gasteiger partial charge in [-0.15, -0.1) is 0 Å². The molecule has 0 aliphatic carbocycles. The first kappa shape index (κ1) is 9.26. The molecule has 68 valence electrons. The average Bonchev–Trinajstić information content (AvgIpc) is 2.33. The van der Waals surface area contributed by atoms with Gasteiger partial charge in [0.05, 0.1) is 18.8 Å². The van der Waals surface area contributed by atoms with Crippen LogP contribution in [0.5, 0.6) is 0 Å². The average molecular weight is 168 g/mol. The highest BCUT2D eigenvalue weighted by atomic mass is 16.3. The van der Waals surface area contributed by atoms with Gasteiger partial charge in [0.25, 0.3) is 0 Å². The predicted octanol–water partition coefficient (Wildman–Crippen LogP) is 1.05. The maximum absolute atomic E-state index is 8.76. The van der Waals surface area contributed by atoms with E-state index in [-0.39, 0.29) is 6.61 Å². The standard InChI is InChI=1S/C9H16N2O/c1-4-9-7(2)8(3)11(10-9)5-6-12/h12H,4-6H2,1-3H3. The molecule has 1 aromatic rings. The summed E-state index contributed by atoms with van der Waals surface area (Å²) in [5.41, 5.74) is 3.56. The molecule has 12 heavy (non-hydrogen) atoms. The molecule has 0 aromatic carbocycles. The Morgan fingerprint density at radius 3 is 2.50 bits per heavy atom. The van der Waals surface area contributed by atoms with Gasteiger partial charge < -0.3 is 5.11 Å². The molecule has 1 aromatic heterocycles. The summed E-state index contributed by atoms with van der Waals surface area (Å²) < 4.78 is 1.87. The maximum atomic E-state index is 8.76. The molecule has 0 saturated heterocycles. The summed E-state index contributed by atoms with van der Waals surface area (Å²) in [7, 11) is 0. The molecular weight excluding hydrogens is 152 g/mol. The minimum atomic E-state index is 0.158. The minimum Gasteiger partial charge on any atom is -0.394 e. The molecule has 0 amide bonds. The molecule has 0 radical (unpaired) electrons. The second-order valence-corrected chi connectivity index (χ2v) is 2.96. The van der Waals surface area contributed by atoms with E-state index in [1.165, 1.54) is 11.3 Å². The van der Waals surface area contributed by atoms with Crippen LogP contribution in [0.2, 0.25) is 0 Å². The van der Waals surface area contributed by atoms with Crippen molar-refractivity contribution in [2.24, 2.45) is 0 Å². The molecule has 0 spiro atoms. The lowest BCUT2D eigenvalue weighted by Crippen LogP contribution is -2.05. The van der Waals surface area contributed by atoms with Crippen LogP contribution in [0.4, 0.5) is 0 Å². The molecule has 0 aliphatic heterocycles. The van der Waals surface area contributed by atoms with Crippen LogP contribution < -0.4 is 0 Å². The number of aryl methyl sites for hydroxylation is 1. The number of hydrogen-bond acceptors (Lipinski definition) is 2. The van der Waals surface area contributed by atoms with Gasteiger partial charge in [0.2, 0.25) is 0 Å². The molecule has 1 heterocycles. The fourth-order valence-corrected chi connectivity index (χ4v) is 1.35. The minimum absolute atomic E-state index is 0.158. The summed E-state index contributed by atoms with van der Waals surface area (Å²) >= 11 is 0. The summed E-state index contributed by atoms with van der Waals surface area (Å²) in [6, 6.07) is 0. The molecule has 0 aliphatic rings. The Kier molecular flexibility index (Phi) is 2.87. The van der Waals surface area contributed by atoms with E-state index in [0.717, 1.165) is 12.1 Å². The van der Waals surface area contributed by atoms with Crippen molar-refractivity contribution in [1.82, 2.24) is 9.78 Å². The van der Waals surface area contributed by atoms with Crippen LogP contribution in [-0.2, 0) is 13.0 Å². The second-order valence-electron chi connectivity index (χ2n) is 2.96. The number of aliphatic hydroxyl groups excluding tert-OH is 1. The second kappa shape index (κ2) is 3.72. The summed E-state index contributed by atoms with van der Waals surface area (Å²) in [6.45, 7) is 6.97. The van der Waals surface area contributed by atoms with E-state index < -0.39 is 0 Å². The third-order valence-electron chi connectivity index (χ3n) is 2.25. The smallest absolute Gasteiger partial charge is 0.0653 e. The van der Waals surface area contributed by atoms with Gasteiger partial charge in [0.15, 0.2) is 0 Å². The van der Waals surface area contributed by atoms with Crippen molar-refractivity contribution in [3.63, 3.8) is 0 Å². The van der Waals surface area contributed by atoms with Gasteiger partial charge in [0, 0.05) is 5.69 Å². The highest BCUT2D eigenvalue weighted by Gasteiger charge is 2.07. The van der Waals surface area contributed by atoms with Gasteiger partial charge in [-0.05, 0) is 25.8 Å². The monoisotopic (exact) mass is 168 g/mol. The Labute approximate surface area is 73.0 Å². The van der Waals surface area contributed by atoms with Crippen molar-refractivity contribution >= 4 is 0 Å². The van der Waals surface area contributed by atoms with E-state index in [1.807, 2.05) is 11.6 Å². The van der Waals surface area contributed by atoms with Crippen LogP contribution in [-0.4, -0.2) is 21.5 Å². The summed E-state index contributed by atoms with van der Waals surface area (Å²) in [6.07, 6.45) is 0.963. The Hall–Kier alpha value is -0.830. The Balaban J connectivity index is 2.98. The van der Waals surface area contributed by atoms with Gasteiger partial charge in [-0.1, -0.05) is 6.92 Å². The molecule has 0 fully saturated rings. The number of aliphatic hydroxyl groups is 1. The summed E-state index contributed by atoms with van der Waals surface area (Å²) in [5, 5.41) is 13.1. The lowest BCUT2D eigenvalue weighted by Gasteiger charge is -1.99. The van der Waals surface area contributed by atoms with Crippen molar-refractivity contribution in [3.8, 4) is 0 Å². The third kappa shape index (κ3) is 1.50. The fraction of sp³-hybridized carbons (Fsp3) is 0.667. The zero-order valence-corrected chi connectivity index (χ0v) is 7.96. The van der Waals surface area contributed by atoms with E-state index in [1.54, 1.807) is 0 Å². The Morgan fingerprint density at radius 2 is 2.08 bits per heavy atom. The Bertz CT molecular complexity index is 266. The molecule has 1 N–H and O–H groups in total. The molecule has 0 unspecified atom stereocenters. The van der Waals surface area contributed by atoms with Crippen molar-refractivity contribution in [1.29, 1.82) is 0 Å². The topological polar surface area (TPSA) is 38.0 Å². The maximum Gasteiger partial charge on any atom is 0.0653 e. The van der Waals surface area contributed by atoms with Gasteiger partial charge >= 0.3 is 0 Å². The van der Waals surface area contributed by atoms with Crippen LogP contribution in [0.15, 0.2) is 0 Å². The van der Waals surface area contributed by atoms with Crippen molar-refractivity contribution in [2.75, 3.05) is 6.61 Å². The quantitative estimate of drug-likeness (QED) is 0.732.